The highest BCUT2D eigenvalue weighted by atomic mass is 35.5. The molecule has 1 N–H and O–H groups in total. The quantitative estimate of drug-likeness (QED) is 0.911. The minimum Gasteiger partial charge on any atom is -0.352 e. The molecule has 1 amide bonds. The van der Waals surface area contributed by atoms with E-state index in [0.717, 1.165) is 5.56 Å². The van der Waals surface area contributed by atoms with Crippen molar-refractivity contribution in [3.63, 3.8) is 0 Å². The molecular weight excluding hydrogens is 265 g/mol. The summed E-state index contributed by atoms with van der Waals surface area (Å²) < 4.78 is 12.7. The number of hydrogen-bond acceptors (Lipinski definition) is 1. The van der Waals surface area contributed by atoms with Gasteiger partial charge in [0, 0.05) is 6.54 Å². The van der Waals surface area contributed by atoms with Crippen LogP contribution in [0.2, 0.25) is 5.02 Å². The predicted octanol–water partition coefficient (Wildman–Crippen LogP) is 3.45. The van der Waals surface area contributed by atoms with Crippen LogP contribution in [-0.4, -0.2) is 12.5 Å². The molecule has 98 valence electrons. The summed E-state index contributed by atoms with van der Waals surface area (Å²) in [6.07, 6.45) is 0.649. The molecule has 4 heteroatoms. The van der Waals surface area contributed by atoms with Crippen molar-refractivity contribution in [2.45, 2.75) is 6.42 Å². The van der Waals surface area contributed by atoms with Crippen LogP contribution in [0.1, 0.15) is 15.9 Å². The molecule has 0 aliphatic heterocycles. The maximum Gasteiger partial charge on any atom is 0.252 e. The van der Waals surface area contributed by atoms with E-state index in [0.29, 0.717) is 23.6 Å². The first-order valence-electron chi connectivity index (χ1n) is 5.94. The molecule has 19 heavy (non-hydrogen) atoms. The summed E-state index contributed by atoms with van der Waals surface area (Å²) >= 11 is 5.93. The van der Waals surface area contributed by atoms with Crippen LogP contribution in [0.25, 0.3) is 0 Å². The van der Waals surface area contributed by atoms with Crippen LogP contribution in [0.15, 0.2) is 48.5 Å². The number of carbonyl (C=O) groups is 1. The van der Waals surface area contributed by atoms with Gasteiger partial charge in [-0.2, -0.15) is 0 Å². The predicted molar refractivity (Wildman–Crippen MR) is 73.9 cm³/mol. The Balaban J connectivity index is 1.88. The second-order valence-electron chi connectivity index (χ2n) is 4.11. The highest BCUT2D eigenvalue weighted by molar-refractivity contribution is 6.33. The Morgan fingerprint density at radius 1 is 1.11 bits per heavy atom. The average molecular weight is 278 g/mol. The van der Waals surface area contributed by atoms with Crippen molar-refractivity contribution < 1.29 is 9.18 Å². The molecule has 0 saturated carbocycles. The van der Waals surface area contributed by atoms with Crippen molar-refractivity contribution in [1.29, 1.82) is 0 Å². The molecule has 0 aromatic heterocycles. The van der Waals surface area contributed by atoms with Gasteiger partial charge in [-0.05, 0) is 36.2 Å². The summed E-state index contributed by atoms with van der Waals surface area (Å²) in [6, 6.07) is 13.1. The molecule has 0 spiro atoms. The number of carbonyl (C=O) groups excluding carboxylic acids is 1. The monoisotopic (exact) mass is 277 g/mol. The molecule has 0 aliphatic carbocycles. The zero-order valence-electron chi connectivity index (χ0n) is 10.2. The van der Waals surface area contributed by atoms with Gasteiger partial charge >= 0.3 is 0 Å². The molecule has 2 aromatic rings. The van der Waals surface area contributed by atoms with Gasteiger partial charge in [-0.3, -0.25) is 4.79 Å². The van der Waals surface area contributed by atoms with Crippen molar-refractivity contribution in [3.05, 3.63) is 70.5 Å². The van der Waals surface area contributed by atoms with Gasteiger partial charge < -0.3 is 5.32 Å². The normalized spacial score (nSPS) is 10.2. The van der Waals surface area contributed by atoms with Crippen LogP contribution in [0, 0.1) is 5.82 Å². The zero-order valence-corrected chi connectivity index (χ0v) is 11.0. The van der Waals surface area contributed by atoms with E-state index >= 15 is 0 Å². The van der Waals surface area contributed by atoms with E-state index in [1.807, 2.05) is 0 Å². The van der Waals surface area contributed by atoms with Gasteiger partial charge in [0.2, 0.25) is 0 Å². The van der Waals surface area contributed by atoms with Crippen LogP contribution in [0.3, 0.4) is 0 Å². The van der Waals surface area contributed by atoms with Gasteiger partial charge in [0.15, 0.2) is 0 Å². The fourth-order valence-electron chi connectivity index (χ4n) is 1.71. The topological polar surface area (TPSA) is 29.1 Å². The van der Waals surface area contributed by atoms with E-state index in [-0.39, 0.29) is 11.7 Å². The highest BCUT2D eigenvalue weighted by Crippen LogP contribution is 2.14. The van der Waals surface area contributed by atoms with E-state index < -0.39 is 0 Å². The highest BCUT2D eigenvalue weighted by Gasteiger charge is 2.08. The number of rotatable bonds is 4. The van der Waals surface area contributed by atoms with Crippen molar-refractivity contribution in [3.8, 4) is 0 Å². The molecule has 0 fully saturated rings. The molecule has 0 saturated heterocycles. The second kappa shape index (κ2) is 6.34. The molecule has 0 unspecified atom stereocenters. The van der Waals surface area contributed by atoms with Gasteiger partial charge in [-0.15, -0.1) is 0 Å². The van der Waals surface area contributed by atoms with Crippen LogP contribution < -0.4 is 5.32 Å². The van der Waals surface area contributed by atoms with Gasteiger partial charge in [0.1, 0.15) is 5.82 Å². The Labute approximate surface area is 116 Å². The van der Waals surface area contributed by atoms with E-state index in [2.05, 4.69) is 5.32 Å². The largest absolute Gasteiger partial charge is 0.352 e. The van der Waals surface area contributed by atoms with Crippen molar-refractivity contribution in [2.24, 2.45) is 0 Å². The smallest absolute Gasteiger partial charge is 0.252 e. The number of benzene rings is 2. The third kappa shape index (κ3) is 3.80. The molecule has 2 nitrogen and oxygen atoms in total. The summed E-state index contributed by atoms with van der Waals surface area (Å²) in [5, 5.41) is 3.22. The lowest BCUT2D eigenvalue weighted by Gasteiger charge is -2.06. The molecule has 0 heterocycles. The van der Waals surface area contributed by atoms with Crippen LogP contribution in [-0.2, 0) is 6.42 Å². The Morgan fingerprint density at radius 2 is 1.79 bits per heavy atom. The standard InChI is InChI=1S/C15H13ClFNO/c16-14-4-2-1-3-13(14)15(19)18-10-9-11-5-7-12(17)8-6-11/h1-8H,9-10H2,(H,18,19). The van der Waals surface area contributed by atoms with Crippen molar-refractivity contribution >= 4 is 17.5 Å². The summed E-state index contributed by atoms with van der Waals surface area (Å²) in [6.45, 7) is 0.482. The van der Waals surface area contributed by atoms with Gasteiger partial charge in [0.05, 0.1) is 10.6 Å². The van der Waals surface area contributed by atoms with Gasteiger partial charge in [0.25, 0.3) is 5.91 Å². The summed E-state index contributed by atoms with van der Waals surface area (Å²) in [4.78, 5) is 11.9. The van der Waals surface area contributed by atoms with Gasteiger partial charge in [-0.25, -0.2) is 4.39 Å². The molecular formula is C15H13ClFNO. The minimum atomic E-state index is -0.260. The van der Waals surface area contributed by atoms with Crippen LogP contribution in [0.4, 0.5) is 4.39 Å². The van der Waals surface area contributed by atoms with E-state index in [4.69, 9.17) is 11.6 Å². The lowest BCUT2D eigenvalue weighted by molar-refractivity contribution is 0.0954. The Bertz CT molecular complexity index is 569. The van der Waals surface area contributed by atoms with Crippen LogP contribution in [0.5, 0.6) is 0 Å². The molecule has 0 radical (unpaired) electrons. The molecule has 0 bridgehead atoms. The third-order valence-electron chi connectivity index (χ3n) is 2.73. The SMILES string of the molecule is O=C(NCCc1ccc(F)cc1)c1ccccc1Cl. The first-order valence-corrected chi connectivity index (χ1v) is 6.32. The average Bonchev–Trinajstić information content (AvgIpc) is 2.41. The summed E-state index contributed by atoms with van der Waals surface area (Å²) in [5.41, 5.74) is 1.43. The van der Waals surface area contributed by atoms with E-state index in [9.17, 15) is 9.18 Å². The number of amides is 1. The molecule has 0 aliphatic rings. The lowest BCUT2D eigenvalue weighted by atomic mass is 10.1. The van der Waals surface area contributed by atoms with E-state index in [1.165, 1.54) is 12.1 Å². The molecule has 2 aromatic carbocycles. The molecule has 2 rings (SSSR count). The zero-order chi connectivity index (χ0) is 13.7. The first kappa shape index (κ1) is 13.6. The summed E-state index contributed by atoms with van der Waals surface area (Å²) in [7, 11) is 0. The number of halogens is 2. The third-order valence-corrected chi connectivity index (χ3v) is 3.06. The van der Waals surface area contributed by atoms with Crippen molar-refractivity contribution in [2.75, 3.05) is 6.54 Å². The maximum atomic E-state index is 12.7. The fraction of sp³-hybridized carbons (Fsp3) is 0.133. The Kier molecular flexibility index (Phi) is 4.53. The fourth-order valence-corrected chi connectivity index (χ4v) is 1.93. The summed E-state index contributed by atoms with van der Waals surface area (Å²) in [5.74, 6) is -0.462. The minimum absolute atomic E-state index is 0.201. The number of nitrogens with one attached hydrogen (secondary N) is 1. The molecule has 0 atom stereocenters. The second-order valence-corrected chi connectivity index (χ2v) is 4.52. The number of hydrogen-bond donors (Lipinski definition) is 1. The maximum absolute atomic E-state index is 12.7. The van der Waals surface area contributed by atoms with E-state index in [1.54, 1.807) is 36.4 Å². The Morgan fingerprint density at radius 3 is 2.47 bits per heavy atom. The van der Waals surface area contributed by atoms with Gasteiger partial charge in [-0.1, -0.05) is 35.9 Å². The van der Waals surface area contributed by atoms with Crippen LogP contribution >= 0.6 is 11.6 Å². The van der Waals surface area contributed by atoms with Crippen molar-refractivity contribution in [1.82, 2.24) is 5.32 Å². The lowest BCUT2D eigenvalue weighted by Crippen LogP contribution is -2.25. The first-order chi connectivity index (χ1) is 9.16. The Hall–Kier alpha value is -1.87.